The van der Waals surface area contributed by atoms with Crippen molar-refractivity contribution in [3.63, 3.8) is 0 Å². The molecule has 0 amide bonds. The molecule has 4 aromatic rings. The Balaban J connectivity index is 1.64. The van der Waals surface area contributed by atoms with E-state index < -0.39 is 32.6 Å². The lowest BCUT2D eigenvalue weighted by Crippen LogP contribution is -2.12. The molecule has 4 rings (SSSR count). The minimum Gasteiger partial charge on any atom is -0.261 e. The minimum absolute atomic E-state index is 0.00123. The first-order chi connectivity index (χ1) is 15.1. The van der Waals surface area contributed by atoms with E-state index in [2.05, 4.69) is 0 Å². The highest BCUT2D eigenvalue weighted by Gasteiger charge is 2.21. The van der Waals surface area contributed by atoms with Gasteiger partial charge in [0.1, 0.15) is 5.82 Å². The molecule has 1 heterocycles. The normalized spacial score (nSPS) is 12.3. The average Bonchev–Trinajstić information content (AvgIpc) is 3.16. The van der Waals surface area contributed by atoms with Gasteiger partial charge in [-0.2, -0.15) is 8.42 Å². The lowest BCUT2D eigenvalue weighted by atomic mass is 10.1. The monoisotopic (exact) mass is 473 g/mol. The molecule has 32 heavy (non-hydrogen) atoms. The van der Waals surface area contributed by atoms with Crippen molar-refractivity contribution < 1.29 is 25.4 Å². The summed E-state index contributed by atoms with van der Waals surface area (Å²) in [4.78, 5) is 0.0533. The van der Waals surface area contributed by atoms with Crippen LogP contribution in [0.15, 0.2) is 82.7 Å². The molecule has 0 radical (unpaired) electrons. The van der Waals surface area contributed by atoms with Gasteiger partial charge in [0, 0.05) is 17.1 Å². The van der Waals surface area contributed by atoms with Crippen LogP contribution in [-0.2, 0) is 30.9 Å². The van der Waals surface area contributed by atoms with Crippen LogP contribution in [0.1, 0.15) is 16.7 Å². The smallest absolute Gasteiger partial charge is 0.261 e. The predicted molar refractivity (Wildman–Crippen MR) is 119 cm³/mol. The number of rotatable bonds is 6. The second-order valence-electron chi connectivity index (χ2n) is 7.46. The van der Waals surface area contributed by atoms with E-state index in [0.29, 0.717) is 5.39 Å². The molecule has 166 valence electrons. The van der Waals surface area contributed by atoms with Crippen molar-refractivity contribution in [2.24, 2.45) is 0 Å². The maximum absolute atomic E-state index is 14.8. The van der Waals surface area contributed by atoms with Crippen LogP contribution in [0.4, 0.5) is 4.39 Å². The molecule has 0 aliphatic carbocycles. The largest absolute Gasteiger partial charge is 0.297 e. The van der Waals surface area contributed by atoms with E-state index in [1.807, 2.05) is 13.8 Å². The molecule has 0 aliphatic rings. The quantitative estimate of drug-likeness (QED) is 0.384. The summed E-state index contributed by atoms with van der Waals surface area (Å²) in [6.07, 6.45) is 1.34. The summed E-state index contributed by atoms with van der Waals surface area (Å²) < 4.78 is 71.5. The molecular formula is C23H20FNO5S2. The number of aromatic nitrogens is 1. The van der Waals surface area contributed by atoms with E-state index >= 15 is 0 Å². The third-order valence-corrected chi connectivity index (χ3v) is 8.06. The van der Waals surface area contributed by atoms with Crippen LogP contribution in [-0.4, -0.2) is 20.8 Å². The minimum atomic E-state index is -4.07. The fourth-order valence-corrected chi connectivity index (χ4v) is 5.47. The van der Waals surface area contributed by atoms with Gasteiger partial charge in [0.25, 0.3) is 20.1 Å². The third kappa shape index (κ3) is 4.19. The van der Waals surface area contributed by atoms with Crippen LogP contribution < -0.4 is 0 Å². The van der Waals surface area contributed by atoms with Gasteiger partial charge in [0.05, 0.1) is 21.9 Å². The van der Waals surface area contributed by atoms with Gasteiger partial charge in [0.2, 0.25) is 0 Å². The zero-order valence-electron chi connectivity index (χ0n) is 17.3. The third-order valence-electron chi connectivity index (χ3n) is 5.08. The summed E-state index contributed by atoms with van der Waals surface area (Å²) in [5.74, 6) is -0.768. The number of nitrogens with zero attached hydrogens (tertiary/aromatic N) is 1. The molecule has 0 spiro atoms. The molecule has 9 heteroatoms. The van der Waals surface area contributed by atoms with E-state index in [1.165, 1.54) is 42.6 Å². The maximum Gasteiger partial charge on any atom is 0.297 e. The van der Waals surface area contributed by atoms with Crippen LogP contribution >= 0.6 is 0 Å². The molecule has 0 saturated carbocycles. The fourth-order valence-electron chi connectivity index (χ4n) is 3.24. The van der Waals surface area contributed by atoms with Crippen molar-refractivity contribution in [3.8, 4) is 0 Å². The van der Waals surface area contributed by atoms with Gasteiger partial charge in [-0.1, -0.05) is 35.4 Å². The summed E-state index contributed by atoms with van der Waals surface area (Å²) in [6.45, 7) is 3.15. The lowest BCUT2D eigenvalue weighted by molar-refractivity contribution is 0.302. The molecular weight excluding hydrogens is 453 g/mol. The number of hydrogen-bond donors (Lipinski definition) is 0. The summed E-state index contributed by atoms with van der Waals surface area (Å²) in [7, 11) is -7.99. The van der Waals surface area contributed by atoms with Crippen molar-refractivity contribution in [1.29, 1.82) is 0 Å². The molecule has 0 fully saturated rings. The van der Waals surface area contributed by atoms with Gasteiger partial charge >= 0.3 is 0 Å². The molecule has 0 bridgehead atoms. The molecule has 1 aromatic heterocycles. The molecule has 0 unspecified atom stereocenters. The maximum atomic E-state index is 14.8. The number of aryl methyl sites for hydroxylation is 2. The number of benzene rings is 3. The van der Waals surface area contributed by atoms with E-state index in [1.54, 1.807) is 24.3 Å². The van der Waals surface area contributed by atoms with Crippen LogP contribution in [0, 0.1) is 19.7 Å². The zero-order chi connectivity index (χ0) is 23.1. The lowest BCUT2D eigenvalue weighted by Gasteiger charge is -2.10. The van der Waals surface area contributed by atoms with Crippen LogP contribution in [0.25, 0.3) is 10.9 Å². The Kier molecular flexibility index (Phi) is 5.66. The second-order valence-corrected chi connectivity index (χ2v) is 10.9. The summed E-state index contributed by atoms with van der Waals surface area (Å²) in [5, 5.41) is 0.438. The van der Waals surface area contributed by atoms with Crippen LogP contribution in [0.5, 0.6) is 0 Å². The summed E-state index contributed by atoms with van der Waals surface area (Å²) in [5.41, 5.74) is 1.95. The molecule has 0 aliphatic heterocycles. The number of hydrogen-bond acceptors (Lipinski definition) is 5. The van der Waals surface area contributed by atoms with E-state index in [-0.39, 0.29) is 20.9 Å². The van der Waals surface area contributed by atoms with Crippen molar-refractivity contribution in [1.82, 2.24) is 3.97 Å². The highest BCUT2D eigenvalue weighted by molar-refractivity contribution is 7.90. The molecule has 0 atom stereocenters. The first-order valence-corrected chi connectivity index (χ1v) is 12.5. The van der Waals surface area contributed by atoms with E-state index in [4.69, 9.17) is 4.18 Å². The number of halogens is 1. The average molecular weight is 474 g/mol. The Morgan fingerprint density at radius 1 is 0.812 bits per heavy atom. The van der Waals surface area contributed by atoms with Crippen molar-refractivity contribution in [3.05, 3.63) is 95.4 Å². The fraction of sp³-hybridized carbons (Fsp3) is 0.130. The van der Waals surface area contributed by atoms with Gasteiger partial charge in [-0.3, -0.25) is 4.18 Å². The van der Waals surface area contributed by atoms with E-state index in [0.717, 1.165) is 21.2 Å². The van der Waals surface area contributed by atoms with Crippen LogP contribution in [0.2, 0.25) is 0 Å². The first kappa shape index (κ1) is 22.2. The van der Waals surface area contributed by atoms with Gasteiger partial charge < -0.3 is 0 Å². The van der Waals surface area contributed by atoms with Gasteiger partial charge in [-0.15, -0.1) is 0 Å². The Bertz CT molecular complexity index is 1510. The second kappa shape index (κ2) is 8.16. The van der Waals surface area contributed by atoms with Gasteiger partial charge in [-0.05, 0) is 56.3 Å². The Morgan fingerprint density at radius 3 is 1.97 bits per heavy atom. The highest BCUT2D eigenvalue weighted by atomic mass is 32.2. The topological polar surface area (TPSA) is 82.4 Å². The molecule has 3 aromatic carbocycles. The standard InChI is InChI=1S/C23H20FNO5S2/c1-16-3-7-20(8-4-16)31(26,27)25-12-11-18-13-19(22(24)14-23(18)25)15-30-32(28,29)21-9-5-17(2)6-10-21/h3-14H,15H2,1-2H3. The van der Waals surface area contributed by atoms with Crippen LogP contribution in [0.3, 0.4) is 0 Å². The van der Waals surface area contributed by atoms with Gasteiger partial charge in [0.15, 0.2) is 0 Å². The van der Waals surface area contributed by atoms with Crippen molar-refractivity contribution >= 4 is 31.0 Å². The predicted octanol–water partition coefficient (Wildman–Crippen LogP) is 4.54. The molecule has 0 saturated heterocycles. The van der Waals surface area contributed by atoms with E-state index in [9.17, 15) is 21.2 Å². The first-order valence-electron chi connectivity index (χ1n) is 9.66. The highest BCUT2D eigenvalue weighted by Crippen LogP contribution is 2.26. The molecule has 6 nitrogen and oxygen atoms in total. The summed E-state index contributed by atoms with van der Waals surface area (Å²) in [6, 6.07) is 16.4. The Hall–Kier alpha value is -3.01. The van der Waals surface area contributed by atoms with Crippen molar-refractivity contribution in [2.45, 2.75) is 30.2 Å². The Morgan fingerprint density at radius 2 is 1.38 bits per heavy atom. The van der Waals surface area contributed by atoms with Gasteiger partial charge in [-0.25, -0.2) is 16.8 Å². The Labute approximate surface area is 186 Å². The number of fused-ring (bicyclic) bond motifs is 1. The SMILES string of the molecule is Cc1ccc(S(=O)(=O)OCc2cc3ccn(S(=O)(=O)c4ccc(C)cc4)c3cc2F)cc1. The summed E-state index contributed by atoms with van der Waals surface area (Å²) >= 11 is 0. The zero-order valence-corrected chi connectivity index (χ0v) is 19.0. The molecule has 0 N–H and O–H groups in total. The van der Waals surface area contributed by atoms with Crippen molar-refractivity contribution in [2.75, 3.05) is 0 Å².